The predicted molar refractivity (Wildman–Crippen MR) is 85.2 cm³/mol. The number of likely N-dealkylation sites (N-methyl/N-ethyl adjacent to an activating group) is 1. The number of rotatable bonds is 6. The number of hydrogen-bond acceptors (Lipinski definition) is 4. The minimum Gasteiger partial charge on any atom is -0.480 e. The molecule has 1 heterocycles. The summed E-state index contributed by atoms with van der Waals surface area (Å²) in [5, 5.41) is 8.83. The van der Waals surface area contributed by atoms with Crippen LogP contribution in [-0.2, 0) is 14.8 Å². The number of sulfonamides is 1. The average Bonchev–Trinajstić information content (AvgIpc) is 2.47. The van der Waals surface area contributed by atoms with Crippen LogP contribution in [0.2, 0.25) is 0 Å². The third kappa shape index (κ3) is 4.93. The number of carboxylic acids is 1. The lowest BCUT2D eigenvalue weighted by atomic mass is 9.91. The van der Waals surface area contributed by atoms with Crippen LogP contribution in [0.5, 0.6) is 0 Å². The maximum atomic E-state index is 12.5. The summed E-state index contributed by atoms with van der Waals surface area (Å²) in [4.78, 5) is 12.6. The van der Waals surface area contributed by atoms with Crippen molar-refractivity contribution in [2.45, 2.75) is 51.0 Å². The first-order valence-corrected chi connectivity index (χ1v) is 9.89. The van der Waals surface area contributed by atoms with Crippen LogP contribution in [0.15, 0.2) is 0 Å². The van der Waals surface area contributed by atoms with E-state index >= 15 is 0 Å². The number of piperidine rings is 1. The van der Waals surface area contributed by atoms with Crippen molar-refractivity contribution >= 4 is 16.0 Å². The Morgan fingerprint density at radius 1 is 1.14 bits per heavy atom. The van der Waals surface area contributed by atoms with Gasteiger partial charge in [0.25, 0.3) is 0 Å². The van der Waals surface area contributed by atoms with E-state index < -0.39 is 16.0 Å². The summed E-state index contributed by atoms with van der Waals surface area (Å²) < 4.78 is 26.7. The molecule has 0 unspecified atom stereocenters. The second-order valence-electron chi connectivity index (χ2n) is 6.72. The maximum absolute atomic E-state index is 12.5. The van der Waals surface area contributed by atoms with E-state index in [1.165, 1.54) is 6.42 Å². The maximum Gasteiger partial charge on any atom is 0.317 e. The SMILES string of the molecule is CN(CC(=O)O)C1CCN(S(=O)(=O)CC2CCCCC2)CC1. The van der Waals surface area contributed by atoms with Crippen LogP contribution in [0, 0.1) is 5.92 Å². The van der Waals surface area contributed by atoms with Gasteiger partial charge in [0, 0.05) is 19.1 Å². The molecule has 7 heteroatoms. The zero-order chi connectivity index (χ0) is 16.2. The number of nitrogens with zero attached hydrogens (tertiary/aromatic N) is 2. The second-order valence-corrected chi connectivity index (χ2v) is 8.74. The molecule has 0 atom stereocenters. The fourth-order valence-electron chi connectivity index (χ4n) is 3.66. The topological polar surface area (TPSA) is 77.9 Å². The Morgan fingerprint density at radius 2 is 1.73 bits per heavy atom. The quantitative estimate of drug-likeness (QED) is 0.795. The molecule has 1 aliphatic carbocycles. The van der Waals surface area contributed by atoms with Crippen molar-refractivity contribution in [1.82, 2.24) is 9.21 Å². The lowest BCUT2D eigenvalue weighted by Crippen LogP contribution is -2.47. The van der Waals surface area contributed by atoms with E-state index in [1.54, 1.807) is 11.4 Å². The van der Waals surface area contributed by atoms with E-state index in [0.29, 0.717) is 37.6 Å². The van der Waals surface area contributed by atoms with Gasteiger partial charge < -0.3 is 5.11 Å². The normalized spacial score (nSPS) is 23.0. The van der Waals surface area contributed by atoms with Gasteiger partial charge in [-0.2, -0.15) is 0 Å². The molecule has 2 aliphatic rings. The molecular formula is C15H28N2O4S. The Labute approximate surface area is 133 Å². The van der Waals surface area contributed by atoms with Crippen molar-refractivity contribution < 1.29 is 18.3 Å². The highest BCUT2D eigenvalue weighted by atomic mass is 32.2. The van der Waals surface area contributed by atoms with Crippen LogP contribution in [0.4, 0.5) is 0 Å². The van der Waals surface area contributed by atoms with Crippen LogP contribution in [0.1, 0.15) is 44.9 Å². The Hall–Kier alpha value is -0.660. The summed E-state index contributed by atoms with van der Waals surface area (Å²) in [5.74, 6) is -0.219. The van der Waals surface area contributed by atoms with Crippen LogP contribution in [0.25, 0.3) is 0 Å². The van der Waals surface area contributed by atoms with Crippen LogP contribution >= 0.6 is 0 Å². The third-order valence-corrected chi connectivity index (χ3v) is 7.04. The van der Waals surface area contributed by atoms with Crippen molar-refractivity contribution in [3.63, 3.8) is 0 Å². The fraction of sp³-hybridized carbons (Fsp3) is 0.933. The van der Waals surface area contributed by atoms with E-state index in [-0.39, 0.29) is 12.6 Å². The van der Waals surface area contributed by atoms with Crippen molar-refractivity contribution in [3.8, 4) is 0 Å². The summed E-state index contributed by atoms with van der Waals surface area (Å²) >= 11 is 0. The zero-order valence-electron chi connectivity index (χ0n) is 13.4. The van der Waals surface area contributed by atoms with E-state index in [0.717, 1.165) is 25.7 Å². The summed E-state index contributed by atoms with van der Waals surface area (Å²) in [6, 6.07) is 0.164. The van der Waals surface area contributed by atoms with Crippen LogP contribution < -0.4 is 0 Å². The number of hydrogen-bond donors (Lipinski definition) is 1. The molecule has 1 aliphatic heterocycles. The molecule has 2 fully saturated rings. The van der Waals surface area contributed by atoms with Crippen molar-refractivity contribution in [3.05, 3.63) is 0 Å². The van der Waals surface area contributed by atoms with Gasteiger partial charge in [-0.1, -0.05) is 19.3 Å². The van der Waals surface area contributed by atoms with Gasteiger partial charge in [0.05, 0.1) is 12.3 Å². The van der Waals surface area contributed by atoms with Gasteiger partial charge in [0.1, 0.15) is 0 Å². The molecule has 1 saturated heterocycles. The minimum atomic E-state index is -3.16. The monoisotopic (exact) mass is 332 g/mol. The lowest BCUT2D eigenvalue weighted by molar-refractivity contribution is -0.138. The van der Waals surface area contributed by atoms with Crippen molar-refractivity contribution in [1.29, 1.82) is 0 Å². The molecule has 0 radical (unpaired) electrons. The lowest BCUT2D eigenvalue weighted by Gasteiger charge is -2.36. The Bertz CT molecular complexity index is 466. The minimum absolute atomic E-state index is 0.0134. The van der Waals surface area contributed by atoms with E-state index in [9.17, 15) is 13.2 Å². The molecule has 128 valence electrons. The third-order valence-electron chi connectivity index (χ3n) is 5.00. The summed E-state index contributed by atoms with van der Waals surface area (Å²) in [6.45, 7) is 1.05. The van der Waals surface area contributed by atoms with Gasteiger partial charge in [-0.05, 0) is 38.6 Å². The van der Waals surface area contributed by atoms with Crippen LogP contribution in [-0.4, -0.2) is 67.2 Å². The van der Waals surface area contributed by atoms with E-state index in [1.807, 2.05) is 4.90 Å². The number of carbonyl (C=O) groups is 1. The van der Waals surface area contributed by atoms with Gasteiger partial charge >= 0.3 is 5.97 Å². The molecule has 0 bridgehead atoms. The molecule has 0 amide bonds. The molecule has 1 saturated carbocycles. The average molecular weight is 332 g/mol. The first-order valence-electron chi connectivity index (χ1n) is 8.28. The first-order chi connectivity index (χ1) is 10.4. The summed E-state index contributed by atoms with van der Waals surface area (Å²) in [6.07, 6.45) is 7.05. The smallest absolute Gasteiger partial charge is 0.317 e. The molecule has 2 rings (SSSR count). The van der Waals surface area contributed by atoms with E-state index in [2.05, 4.69) is 0 Å². The Balaban J connectivity index is 1.83. The zero-order valence-corrected chi connectivity index (χ0v) is 14.2. The summed E-state index contributed by atoms with van der Waals surface area (Å²) in [5.41, 5.74) is 0. The molecule has 0 spiro atoms. The van der Waals surface area contributed by atoms with Crippen LogP contribution in [0.3, 0.4) is 0 Å². The molecule has 0 aromatic rings. The highest BCUT2D eigenvalue weighted by Crippen LogP contribution is 2.27. The second kappa shape index (κ2) is 7.75. The molecule has 0 aromatic carbocycles. The molecule has 22 heavy (non-hydrogen) atoms. The van der Waals surface area contributed by atoms with Gasteiger partial charge in [-0.25, -0.2) is 12.7 Å². The first kappa shape index (κ1) is 17.7. The molecule has 1 N–H and O–H groups in total. The Morgan fingerprint density at radius 3 is 2.27 bits per heavy atom. The van der Waals surface area contributed by atoms with Gasteiger partial charge in [-0.15, -0.1) is 0 Å². The predicted octanol–water partition coefficient (Wildman–Crippen LogP) is 1.38. The largest absolute Gasteiger partial charge is 0.480 e. The standard InChI is InChI=1S/C15H28N2O4S/c1-16(11-15(18)19)14-7-9-17(10-8-14)22(20,21)12-13-5-3-2-4-6-13/h13-14H,2-12H2,1H3,(H,18,19). The molecule has 0 aromatic heterocycles. The fourth-order valence-corrected chi connectivity index (χ4v) is 5.57. The van der Waals surface area contributed by atoms with Gasteiger partial charge in [0.15, 0.2) is 0 Å². The number of aliphatic carboxylic acids is 1. The van der Waals surface area contributed by atoms with Gasteiger partial charge in [0.2, 0.25) is 10.0 Å². The highest BCUT2D eigenvalue weighted by Gasteiger charge is 2.32. The highest BCUT2D eigenvalue weighted by molar-refractivity contribution is 7.89. The summed E-state index contributed by atoms with van der Waals surface area (Å²) in [7, 11) is -1.36. The van der Waals surface area contributed by atoms with Crippen molar-refractivity contribution in [2.75, 3.05) is 32.4 Å². The van der Waals surface area contributed by atoms with Gasteiger partial charge in [-0.3, -0.25) is 9.69 Å². The molecular weight excluding hydrogens is 304 g/mol. The number of carboxylic acid groups (broad SMARTS) is 1. The van der Waals surface area contributed by atoms with E-state index in [4.69, 9.17) is 5.11 Å². The van der Waals surface area contributed by atoms with Crippen molar-refractivity contribution in [2.24, 2.45) is 5.92 Å². The Kier molecular flexibility index (Phi) is 6.23. The molecule has 6 nitrogen and oxygen atoms in total.